The number of hydrogen-bond donors (Lipinski definition) is 0. The molecule has 0 bridgehead atoms. The third-order valence-electron chi connectivity index (χ3n) is 3.71. The van der Waals surface area contributed by atoms with Gasteiger partial charge in [-0.05, 0) is 77.4 Å². The minimum atomic E-state index is -0.372. The van der Waals surface area contributed by atoms with Crippen molar-refractivity contribution in [3.05, 3.63) is 56.9 Å². The second-order valence-electron chi connectivity index (χ2n) is 5.55. The predicted molar refractivity (Wildman–Crippen MR) is 106 cm³/mol. The number of nitrogens with zero attached hydrogens (tertiary/aromatic N) is 1. The second kappa shape index (κ2) is 8.86. The van der Waals surface area contributed by atoms with Crippen LogP contribution in [0.5, 0.6) is 11.5 Å². The summed E-state index contributed by atoms with van der Waals surface area (Å²) in [6, 6.07) is 11.9. The molecule has 0 spiro atoms. The molecule has 0 radical (unpaired) electrons. The summed E-state index contributed by atoms with van der Waals surface area (Å²) >= 11 is 2.19. The lowest BCUT2D eigenvalue weighted by Gasteiger charge is -2.17. The van der Waals surface area contributed by atoms with E-state index >= 15 is 0 Å². The lowest BCUT2D eigenvalue weighted by molar-refractivity contribution is 0.206. The van der Waals surface area contributed by atoms with E-state index in [4.69, 9.17) is 9.47 Å². The van der Waals surface area contributed by atoms with Crippen LogP contribution in [0.3, 0.4) is 0 Å². The first-order valence-electron chi connectivity index (χ1n) is 7.90. The van der Waals surface area contributed by atoms with E-state index in [1.54, 1.807) is 25.3 Å². The molecular weight excluding hydrogens is 432 g/mol. The molecule has 0 heterocycles. The van der Waals surface area contributed by atoms with Gasteiger partial charge in [0.25, 0.3) is 0 Å². The molecule has 2 rings (SSSR count). The molecule has 130 valence electrons. The SMILES string of the molecule is CC[C@@H](C)Oc1c(I)cc(/C=C(/C#N)c2cccc(F)c2)cc1OC. The number of nitriles is 1. The highest BCUT2D eigenvalue weighted by Crippen LogP contribution is 2.36. The summed E-state index contributed by atoms with van der Waals surface area (Å²) in [6.07, 6.45) is 2.68. The van der Waals surface area contributed by atoms with Gasteiger partial charge in [-0.1, -0.05) is 19.1 Å². The Morgan fingerprint density at radius 2 is 2.12 bits per heavy atom. The molecule has 0 aliphatic rings. The van der Waals surface area contributed by atoms with Crippen molar-refractivity contribution in [2.45, 2.75) is 26.4 Å². The molecule has 0 saturated heterocycles. The van der Waals surface area contributed by atoms with Gasteiger partial charge in [0.15, 0.2) is 11.5 Å². The van der Waals surface area contributed by atoms with Crippen LogP contribution in [0.15, 0.2) is 36.4 Å². The Labute approximate surface area is 161 Å². The van der Waals surface area contributed by atoms with E-state index in [0.29, 0.717) is 22.6 Å². The Kier molecular flexibility index (Phi) is 6.82. The first kappa shape index (κ1) is 19.3. The lowest BCUT2D eigenvalue weighted by atomic mass is 10.0. The normalized spacial score (nSPS) is 12.4. The smallest absolute Gasteiger partial charge is 0.174 e. The van der Waals surface area contributed by atoms with Gasteiger partial charge >= 0.3 is 0 Å². The molecule has 0 aliphatic heterocycles. The second-order valence-corrected chi connectivity index (χ2v) is 6.71. The van der Waals surface area contributed by atoms with Crippen molar-refractivity contribution in [1.29, 1.82) is 5.26 Å². The number of methoxy groups -OCH3 is 1. The Morgan fingerprint density at radius 3 is 2.72 bits per heavy atom. The molecule has 0 saturated carbocycles. The van der Waals surface area contributed by atoms with E-state index in [1.165, 1.54) is 12.1 Å². The van der Waals surface area contributed by atoms with Gasteiger partial charge in [0, 0.05) is 0 Å². The zero-order valence-corrected chi connectivity index (χ0v) is 16.5. The standard InChI is InChI=1S/C20H19FINO2/c1-4-13(2)25-20-18(22)9-14(10-19(20)24-3)8-16(12-23)15-6-5-7-17(21)11-15/h5-11,13H,4H2,1-3H3/b16-8-/t13-/m1/s1. The number of ether oxygens (including phenoxy) is 2. The van der Waals surface area contributed by atoms with Crippen LogP contribution in [0.2, 0.25) is 0 Å². The molecule has 2 aromatic rings. The van der Waals surface area contributed by atoms with Crippen LogP contribution >= 0.6 is 22.6 Å². The Hall–Kier alpha value is -2.07. The zero-order chi connectivity index (χ0) is 18.4. The van der Waals surface area contributed by atoms with E-state index in [9.17, 15) is 9.65 Å². The van der Waals surface area contributed by atoms with Crippen LogP contribution in [0.4, 0.5) is 4.39 Å². The van der Waals surface area contributed by atoms with E-state index in [1.807, 2.05) is 19.1 Å². The monoisotopic (exact) mass is 451 g/mol. The van der Waals surface area contributed by atoms with E-state index in [0.717, 1.165) is 15.6 Å². The van der Waals surface area contributed by atoms with Crippen LogP contribution in [0.25, 0.3) is 11.6 Å². The molecule has 0 aromatic heterocycles. The molecule has 5 heteroatoms. The summed E-state index contributed by atoms with van der Waals surface area (Å²) < 4.78 is 25.7. The lowest BCUT2D eigenvalue weighted by Crippen LogP contribution is -2.11. The fourth-order valence-electron chi connectivity index (χ4n) is 2.22. The van der Waals surface area contributed by atoms with Gasteiger partial charge in [0.1, 0.15) is 5.82 Å². The molecule has 1 atom stereocenters. The van der Waals surface area contributed by atoms with Gasteiger partial charge in [-0.25, -0.2) is 4.39 Å². The highest BCUT2D eigenvalue weighted by Gasteiger charge is 2.14. The summed E-state index contributed by atoms with van der Waals surface area (Å²) in [5.74, 6) is 0.928. The third kappa shape index (κ3) is 4.95. The first-order valence-corrected chi connectivity index (χ1v) is 8.98. The van der Waals surface area contributed by atoms with Gasteiger partial charge in [-0.3, -0.25) is 0 Å². The molecule has 0 N–H and O–H groups in total. The van der Waals surface area contributed by atoms with Crippen molar-refractivity contribution in [3.8, 4) is 17.6 Å². The summed E-state index contributed by atoms with van der Waals surface area (Å²) in [5.41, 5.74) is 1.71. The summed E-state index contributed by atoms with van der Waals surface area (Å²) in [4.78, 5) is 0. The van der Waals surface area contributed by atoms with Crippen molar-refractivity contribution in [1.82, 2.24) is 0 Å². The maximum atomic E-state index is 13.4. The van der Waals surface area contributed by atoms with Gasteiger partial charge in [0.2, 0.25) is 0 Å². The molecule has 0 fully saturated rings. The van der Waals surface area contributed by atoms with E-state index in [-0.39, 0.29) is 11.9 Å². The number of rotatable bonds is 6. The highest BCUT2D eigenvalue weighted by atomic mass is 127. The number of allylic oxidation sites excluding steroid dienone is 1. The van der Waals surface area contributed by atoms with Crippen LogP contribution < -0.4 is 9.47 Å². The van der Waals surface area contributed by atoms with Crippen LogP contribution in [0, 0.1) is 20.7 Å². The molecule has 0 aliphatic carbocycles. The average molecular weight is 451 g/mol. The summed E-state index contributed by atoms with van der Waals surface area (Å²) in [7, 11) is 1.58. The molecule has 0 unspecified atom stereocenters. The van der Waals surface area contributed by atoms with Crippen molar-refractivity contribution >= 4 is 34.2 Å². The average Bonchev–Trinajstić information content (AvgIpc) is 2.61. The summed E-state index contributed by atoms with van der Waals surface area (Å²) in [6.45, 7) is 4.06. The van der Waals surface area contributed by atoms with Crippen LogP contribution in [-0.4, -0.2) is 13.2 Å². The maximum Gasteiger partial charge on any atom is 0.174 e. The fraction of sp³-hybridized carbons (Fsp3) is 0.250. The number of halogens is 2. The van der Waals surface area contributed by atoms with E-state index in [2.05, 4.69) is 35.6 Å². The molecular formula is C20H19FINO2. The number of benzene rings is 2. The topological polar surface area (TPSA) is 42.2 Å². The van der Waals surface area contributed by atoms with Crippen LogP contribution in [-0.2, 0) is 0 Å². The van der Waals surface area contributed by atoms with Crippen LogP contribution in [0.1, 0.15) is 31.4 Å². The van der Waals surface area contributed by atoms with Crippen molar-refractivity contribution in [3.63, 3.8) is 0 Å². The Bertz CT molecular complexity index is 827. The predicted octanol–water partition coefficient (Wildman–Crippen LogP) is 5.68. The molecule has 0 amide bonds. The maximum absolute atomic E-state index is 13.4. The minimum absolute atomic E-state index is 0.0748. The van der Waals surface area contributed by atoms with E-state index < -0.39 is 0 Å². The van der Waals surface area contributed by atoms with Gasteiger partial charge < -0.3 is 9.47 Å². The van der Waals surface area contributed by atoms with Gasteiger partial charge in [-0.2, -0.15) is 5.26 Å². The quantitative estimate of drug-likeness (QED) is 0.323. The molecule has 2 aromatic carbocycles. The van der Waals surface area contributed by atoms with Crippen molar-refractivity contribution in [2.24, 2.45) is 0 Å². The van der Waals surface area contributed by atoms with Crippen molar-refractivity contribution in [2.75, 3.05) is 7.11 Å². The first-order chi connectivity index (χ1) is 12.0. The summed E-state index contributed by atoms with van der Waals surface area (Å²) in [5, 5.41) is 9.43. The largest absolute Gasteiger partial charge is 0.493 e. The third-order valence-corrected chi connectivity index (χ3v) is 4.51. The van der Waals surface area contributed by atoms with Crippen molar-refractivity contribution < 1.29 is 13.9 Å². The fourth-order valence-corrected chi connectivity index (χ4v) is 2.98. The minimum Gasteiger partial charge on any atom is -0.493 e. The Morgan fingerprint density at radius 1 is 1.36 bits per heavy atom. The Balaban J connectivity index is 2.45. The molecule has 25 heavy (non-hydrogen) atoms. The molecule has 3 nitrogen and oxygen atoms in total. The van der Waals surface area contributed by atoms with Gasteiger partial charge in [-0.15, -0.1) is 0 Å². The van der Waals surface area contributed by atoms with Gasteiger partial charge in [0.05, 0.1) is 28.4 Å². The number of hydrogen-bond acceptors (Lipinski definition) is 3. The zero-order valence-electron chi connectivity index (χ0n) is 14.3. The highest BCUT2D eigenvalue weighted by molar-refractivity contribution is 14.1.